The summed E-state index contributed by atoms with van der Waals surface area (Å²) in [6, 6.07) is 8.55. The number of nitriles is 1. The van der Waals surface area contributed by atoms with Gasteiger partial charge in [-0.2, -0.15) is 5.26 Å². The van der Waals surface area contributed by atoms with E-state index < -0.39 is 0 Å². The summed E-state index contributed by atoms with van der Waals surface area (Å²) in [5.74, 6) is 1.12. The Bertz CT molecular complexity index is 448. The lowest BCUT2D eigenvalue weighted by Gasteiger charge is -2.29. The van der Waals surface area contributed by atoms with Crippen LogP contribution in [0.2, 0.25) is 0 Å². The average Bonchev–Trinajstić information content (AvgIpc) is 2.40. The number of halogens is 1. The number of piperidine rings is 1. The SMILES string of the molecule is COc1ccc(CN2CCC(C#N)CC2)cc1Br. The van der Waals surface area contributed by atoms with Crippen LogP contribution in [-0.2, 0) is 6.54 Å². The van der Waals surface area contributed by atoms with Gasteiger partial charge in [0.25, 0.3) is 0 Å². The number of hydrogen-bond donors (Lipinski definition) is 0. The molecule has 1 heterocycles. The van der Waals surface area contributed by atoms with E-state index in [4.69, 9.17) is 10.00 Å². The van der Waals surface area contributed by atoms with Gasteiger partial charge in [-0.3, -0.25) is 4.90 Å². The molecule has 1 fully saturated rings. The molecule has 1 saturated heterocycles. The number of rotatable bonds is 3. The van der Waals surface area contributed by atoms with Crippen molar-refractivity contribution in [2.24, 2.45) is 5.92 Å². The standard InChI is InChI=1S/C14H17BrN2O/c1-18-14-3-2-12(8-13(14)15)10-17-6-4-11(9-16)5-7-17/h2-3,8,11H,4-7,10H2,1H3. The van der Waals surface area contributed by atoms with Gasteiger partial charge in [0.15, 0.2) is 0 Å². The van der Waals surface area contributed by atoms with Crippen LogP contribution < -0.4 is 4.74 Å². The monoisotopic (exact) mass is 308 g/mol. The largest absolute Gasteiger partial charge is 0.496 e. The molecule has 0 radical (unpaired) electrons. The van der Waals surface area contributed by atoms with Crippen molar-refractivity contribution in [2.45, 2.75) is 19.4 Å². The molecule has 1 aromatic carbocycles. The fourth-order valence-electron chi connectivity index (χ4n) is 2.29. The number of nitrogens with zero attached hydrogens (tertiary/aromatic N) is 2. The van der Waals surface area contributed by atoms with Crippen molar-refractivity contribution in [1.82, 2.24) is 4.90 Å². The molecule has 0 amide bonds. The zero-order valence-electron chi connectivity index (χ0n) is 10.5. The zero-order chi connectivity index (χ0) is 13.0. The normalized spacial score (nSPS) is 17.4. The van der Waals surface area contributed by atoms with E-state index in [9.17, 15) is 0 Å². The molecular formula is C14H17BrN2O. The van der Waals surface area contributed by atoms with Crippen molar-refractivity contribution in [2.75, 3.05) is 20.2 Å². The molecule has 1 aromatic rings. The highest BCUT2D eigenvalue weighted by Gasteiger charge is 2.18. The Morgan fingerprint density at radius 1 is 1.44 bits per heavy atom. The lowest BCUT2D eigenvalue weighted by atomic mass is 9.98. The Morgan fingerprint density at radius 2 is 2.17 bits per heavy atom. The maximum Gasteiger partial charge on any atom is 0.133 e. The number of ether oxygens (including phenoxy) is 1. The van der Waals surface area contributed by atoms with Crippen molar-refractivity contribution in [3.63, 3.8) is 0 Å². The van der Waals surface area contributed by atoms with E-state index in [1.165, 1.54) is 5.56 Å². The number of likely N-dealkylation sites (tertiary alicyclic amines) is 1. The minimum Gasteiger partial charge on any atom is -0.496 e. The van der Waals surface area contributed by atoms with Gasteiger partial charge in [-0.05, 0) is 59.6 Å². The maximum atomic E-state index is 8.87. The lowest BCUT2D eigenvalue weighted by Crippen LogP contribution is -2.32. The van der Waals surface area contributed by atoms with Crippen LogP contribution in [0.15, 0.2) is 22.7 Å². The molecule has 18 heavy (non-hydrogen) atoms. The summed E-state index contributed by atoms with van der Waals surface area (Å²) < 4.78 is 6.22. The van der Waals surface area contributed by atoms with Crippen LogP contribution in [0.3, 0.4) is 0 Å². The molecule has 0 atom stereocenters. The summed E-state index contributed by atoms with van der Waals surface area (Å²) in [7, 11) is 1.67. The molecule has 0 saturated carbocycles. The molecule has 0 bridgehead atoms. The van der Waals surface area contributed by atoms with Gasteiger partial charge in [0, 0.05) is 12.5 Å². The van der Waals surface area contributed by atoms with Crippen molar-refractivity contribution in [3.8, 4) is 11.8 Å². The molecule has 1 aliphatic heterocycles. The molecular weight excluding hydrogens is 292 g/mol. The van der Waals surface area contributed by atoms with Crippen molar-refractivity contribution in [1.29, 1.82) is 5.26 Å². The molecule has 2 rings (SSSR count). The van der Waals surface area contributed by atoms with E-state index in [-0.39, 0.29) is 5.92 Å². The second-order valence-corrected chi connectivity index (χ2v) is 5.50. The van der Waals surface area contributed by atoms with E-state index >= 15 is 0 Å². The third kappa shape index (κ3) is 3.24. The second-order valence-electron chi connectivity index (χ2n) is 4.65. The van der Waals surface area contributed by atoms with E-state index in [1.54, 1.807) is 7.11 Å². The van der Waals surface area contributed by atoms with E-state index in [0.717, 1.165) is 42.7 Å². The minimum absolute atomic E-state index is 0.254. The number of methoxy groups -OCH3 is 1. The van der Waals surface area contributed by atoms with E-state index in [2.05, 4.69) is 39.0 Å². The Hall–Kier alpha value is -1.05. The Balaban J connectivity index is 1.94. The van der Waals surface area contributed by atoms with Crippen LogP contribution in [0.25, 0.3) is 0 Å². The van der Waals surface area contributed by atoms with Crippen molar-refractivity contribution >= 4 is 15.9 Å². The fraction of sp³-hybridized carbons (Fsp3) is 0.500. The highest BCUT2D eigenvalue weighted by Crippen LogP contribution is 2.26. The third-order valence-electron chi connectivity index (χ3n) is 3.39. The van der Waals surface area contributed by atoms with Crippen LogP contribution in [0.1, 0.15) is 18.4 Å². The Morgan fingerprint density at radius 3 is 2.72 bits per heavy atom. The van der Waals surface area contributed by atoms with Gasteiger partial charge in [0.2, 0.25) is 0 Å². The average molecular weight is 309 g/mol. The summed E-state index contributed by atoms with van der Waals surface area (Å²) in [6.45, 7) is 2.98. The first kappa shape index (κ1) is 13.4. The van der Waals surface area contributed by atoms with Crippen molar-refractivity contribution < 1.29 is 4.74 Å². The first-order valence-corrected chi connectivity index (χ1v) is 6.96. The van der Waals surface area contributed by atoms with Crippen LogP contribution in [-0.4, -0.2) is 25.1 Å². The number of benzene rings is 1. The number of hydrogen-bond acceptors (Lipinski definition) is 3. The van der Waals surface area contributed by atoms with Crippen LogP contribution >= 0.6 is 15.9 Å². The molecule has 0 N–H and O–H groups in total. The minimum atomic E-state index is 0.254. The first-order valence-electron chi connectivity index (χ1n) is 6.17. The maximum absolute atomic E-state index is 8.87. The molecule has 4 heteroatoms. The topological polar surface area (TPSA) is 36.3 Å². The zero-order valence-corrected chi connectivity index (χ0v) is 12.1. The van der Waals surface area contributed by atoms with Crippen LogP contribution in [0.4, 0.5) is 0 Å². The van der Waals surface area contributed by atoms with Gasteiger partial charge in [-0.1, -0.05) is 6.07 Å². The molecule has 3 nitrogen and oxygen atoms in total. The molecule has 0 unspecified atom stereocenters. The first-order chi connectivity index (χ1) is 8.72. The summed E-state index contributed by atoms with van der Waals surface area (Å²) in [6.07, 6.45) is 1.99. The summed E-state index contributed by atoms with van der Waals surface area (Å²) in [5, 5.41) is 8.87. The summed E-state index contributed by atoms with van der Waals surface area (Å²) >= 11 is 3.51. The Labute approximate surface area is 116 Å². The molecule has 0 aliphatic carbocycles. The van der Waals surface area contributed by atoms with Gasteiger partial charge in [0.05, 0.1) is 17.7 Å². The fourth-order valence-corrected chi connectivity index (χ4v) is 2.87. The van der Waals surface area contributed by atoms with E-state index in [0.29, 0.717) is 0 Å². The van der Waals surface area contributed by atoms with Gasteiger partial charge >= 0.3 is 0 Å². The van der Waals surface area contributed by atoms with Gasteiger partial charge in [0.1, 0.15) is 5.75 Å². The summed E-state index contributed by atoms with van der Waals surface area (Å²) in [5.41, 5.74) is 1.28. The van der Waals surface area contributed by atoms with Crippen LogP contribution in [0, 0.1) is 17.2 Å². The highest BCUT2D eigenvalue weighted by atomic mass is 79.9. The molecule has 0 spiro atoms. The second kappa shape index (κ2) is 6.21. The van der Waals surface area contributed by atoms with Gasteiger partial charge in [-0.25, -0.2) is 0 Å². The quantitative estimate of drug-likeness (QED) is 0.860. The molecule has 0 aromatic heterocycles. The van der Waals surface area contributed by atoms with Gasteiger partial charge in [-0.15, -0.1) is 0 Å². The summed E-state index contributed by atoms with van der Waals surface area (Å²) in [4.78, 5) is 2.40. The predicted molar refractivity (Wildman–Crippen MR) is 74.3 cm³/mol. The molecule has 96 valence electrons. The van der Waals surface area contributed by atoms with Crippen LogP contribution in [0.5, 0.6) is 5.75 Å². The Kier molecular flexibility index (Phi) is 4.62. The van der Waals surface area contributed by atoms with Gasteiger partial charge < -0.3 is 4.74 Å². The lowest BCUT2D eigenvalue weighted by molar-refractivity contribution is 0.198. The van der Waals surface area contributed by atoms with E-state index in [1.807, 2.05) is 6.07 Å². The smallest absolute Gasteiger partial charge is 0.133 e. The molecule has 1 aliphatic rings. The third-order valence-corrected chi connectivity index (χ3v) is 4.01. The predicted octanol–water partition coefficient (Wildman–Crippen LogP) is 3.19. The van der Waals surface area contributed by atoms with Crippen molar-refractivity contribution in [3.05, 3.63) is 28.2 Å². The highest BCUT2D eigenvalue weighted by molar-refractivity contribution is 9.10.